The molecule has 0 saturated carbocycles. The van der Waals surface area contributed by atoms with Gasteiger partial charge in [0.15, 0.2) is 0 Å². The van der Waals surface area contributed by atoms with E-state index in [4.69, 9.17) is 0 Å². The highest BCUT2D eigenvalue weighted by molar-refractivity contribution is 7.90. The number of amides is 1. The molecule has 1 amide bonds. The maximum Gasteiger partial charge on any atom is 0.258 e. The van der Waals surface area contributed by atoms with E-state index in [1.165, 1.54) is 18.2 Å². The average Bonchev–Trinajstić information content (AvgIpc) is 2.23. The minimum atomic E-state index is -3.05. The molecule has 3 N–H and O–H groups in total. The third-order valence-corrected chi connectivity index (χ3v) is 3.26. The Morgan fingerprint density at radius 3 is 2.33 bits per heavy atom. The highest BCUT2D eigenvalue weighted by atomic mass is 32.2. The van der Waals surface area contributed by atoms with E-state index in [2.05, 4.69) is 5.32 Å². The van der Waals surface area contributed by atoms with Crippen LogP contribution in [0.15, 0.2) is 18.2 Å². The maximum atomic E-state index is 11.6. The minimum absolute atomic E-state index is 0.0277. The second-order valence-electron chi connectivity index (χ2n) is 3.91. The van der Waals surface area contributed by atoms with E-state index in [-0.39, 0.29) is 35.8 Å². The van der Waals surface area contributed by atoms with Crippen LogP contribution in [-0.4, -0.2) is 43.1 Å². The largest absolute Gasteiger partial charge is 0.507 e. The summed E-state index contributed by atoms with van der Waals surface area (Å²) in [5.74, 6) is -1.31. The van der Waals surface area contributed by atoms with Crippen molar-refractivity contribution in [2.24, 2.45) is 0 Å². The van der Waals surface area contributed by atoms with E-state index in [9.17, 15) is 23.4 Å². The standard InChI is InChI=1S/C11H15NO5S/c1-18(16,17)7-3-6-12-11(15)10-8(13)4-2-5-9(10)14/h2,4-5,13-14H,3,6-7H2,1H3,(H,12,15). The minimum Gasteiger partial charge on any atom is -0.507 e. The molecule has 0 fully saturated rings. The van der Waals surface area contributed by atoms with E-state index in [1.807, 2.05) is 0 Å². The predicted octanol–water partition coefficient (Wildman–Crippen LogP) is 0.262. The van der Waals surface area contributed by atoms with Crippen LogP contribution >= 0.6 is 0 Å². The lowest BCUT2D eigenvalue weighted by Crippen LogP contribution is -2.26. The number of phenolic OH excluding ortho intramolecular Hbond substituents is 2. The number of benzene rings is 1. The van der Waals surface area contributed by atoms with Crippen LogP contribution in [0.2, 0.25) is 0 Å². The predicted molar refractivity (Wildman–Crippen MR) is 66.4 cm³/mol. The van der Waals surface area contributed by atoms with Crippen LogP contribution in [0.1, 0.15) is 16.8 Å². The SMILES string of the molecule is CS(=O)(=O)CCCNC(=O)c1c(O)cccc1O. The van der Waals surface area contributed by atoms with Gasteiger partial charge in [-0.2, -0.15) is 0 Å². The fraction of sp³-hybridized carbons (Fsp3) is 0.364. The van der Waals surface area contributed by atoms with Gasteiger partial charge in [0.05, 0.1) is 5.75 Å². The van der Waals surface area contributed by atoms with E-state index in [1.54, 1.807) is 0 Å². The molecule has 1 rings (SSSR count). The van der Waals surface area contributed by atoms with Crippen LogP contribution < -0.4 is 5.32 Å². The summed E-state index contributed by atoms with van der Waals surface area (Å²) in [6, 6.07) is 3.97. The number of aromatic hydroxyl groups is 2. The second kappa shape index (κ2) is 5.72. The normalized spacial score (nSPS) is 11.2. The zero-order valence-corrected chi connectivity index (χ0v) is 10.7. The zero-order chi connectivity index (χ0) is 13.8. The van der Waals surface area contributed by atoms with Crippen molar-refractivity contribution >= 4 is 15.7 Å². The molecular weight excluding hydrogens is 258 g/mol. The molecule has 6 nitrogen and oxygen atoms in total. The van der Waals surface area contributed by atoms with Gasteiger partial charge in [-0.25, -0.2) is 8.42 Å². The van der Waals surface area contributed by atoms with E-state index >= 15 is 0 Å². The molecule has 7 heteroatoms. The van der Waals surface area contributed by atoms with Gasteiger partial charge in [0.2, 0.25) is 0 Å². The van der Waals surface area contributed by atoms with Gasteiger partial charge in [-0.1, -0.05) is 6.07 Å². The van der Waals surface area contributed by atoms with Gasteiger partial charge in [0, 0.05) is 12.8 Å². The average molecular weight is 273 g/mol. The first-order chi connectivity index (χ1) is 8.31. The fourth-order valence-corrected chi connectivity index (χ4v) is 2.05. The molecular formula is C11H15NO5S. The number of nitrogens with one attached hydrogen (secondary N) is 1. The molecule has 0 atom stereocenters. The zero-order valence-electron chi connectivity index (χ0n) is 9.88. The summed E-state index contributed by atoms with van der Waals surface area (Å²) < 4.78 is 21.7. The molecule has 1 aromatic carbocycles. The van der Waals surface area contributed by atoms with Crippen LogP contribution in [0.25, 0.3) is 0 Å². The maximum absolute atomic E-state index is 11.6. The summed E-state index contributed by atoms with van der Waals surface area (Å²) in [6.45, 7) is 0.152. The number of carbonyl (C=O) groups is 1. The van der Waals surface area contributed by atoms with Gasteiger partial charge in [-0.15, -0.1) is 0 Å². The first-order valence-electron chi connectivity index (χ1n) is 5.28. The van der Waals surface area contributed by atoms with Gasteiger partial charge in [-0.05, 0) is 18.6 Å². The Hall–Kier alpha value is -1.76. The number of hydrogen-bond acceptors (Lipinski definition) is 5. The molecule has 0 aromatic heterocycles. The number of carbonyl (C=O) groups excluding carboxylic acids is 1. The summed E-state index contributed by atoms with van der Waals surface area (Å²) >= 11 is 0. The topological polar surface area (TPSA) is 104 Å². The Morgan fingerprint density at radius 1 is 1.28 bits per heavy atom. The highest BCUT2D eigenvalue weighted by Crippen LogP contribution is 2.25. The van der Waals surface area contributed by atoms with Crippen molar-refractivity contribution in [3.8, 4) is 11.5 Å². The van der Waals surface area contributed by atoms with Crippen molar-refractivity contribution in [2.45, 2.75) is 6.42 Å². The van der Waals surface area contributed by atoms with Crippen LogP contribution in [0.5, 0.6) is 11.5 Å². The molecule has 0 spiro atoms. The Labute approximate surface area is 105 Å². The third kappa shape index (κ3) is 4.25. The molecule has 0 aliphatic carbocycles. The van der Waals surface area contributed by atoms with E-state index in [0.717, 1.165) is 6.26 Å². The second-order valence-corrected chi connectivity index (χ2v) is 6.17. The fourth-order valence-electron chi connectivity index (χ4n) is 1.39. The van der Waals surface area contributed by atoms with Crippen LogP contribution in [-0.2, 0) is 9.84 Å². The summed E-state index contributed by atoms with van der Waals surface area (Å²) in [7, 11) is -3.05. The van der Waals surface area contributed by atoms with Crippen LogP contribution in [0.3, 0.4) is 0 Å². The Balaban J connectivity index is 2.56. The molecule has 0 aliphatic rings. The summed E-state index contributed by atoms with van der Waals surface area (Å²) in [6.07, 6.45) is 1.39. The van der Waals surface area contributed by atoms with Crippen molar-refractivity contribution in [1.82, 2.24) is 5.32 Å². The molecule has 0 aliphatic heterocycles. The third-order valence-electron chi connectivity index (χ3n) is 2.22. The van der Waals surface area contributed by atoms with Crippen molar-refractivity contribution in [1.29, 1.82) is 0 Å². The van der Waals surface area contributed by atoms with Crippen molar-refractivity contribution < 1.29 is 23.4 Å². The van der Waals surface area contributed by atoms with Crippen LogP contribution in [0.4, 0.5) is 0 Å². The molecule has 18 heavy (non-hydrogen) atoms. The van der Waals surface area contributed by atoms with E-state index in [0.29, 0.717) is 0 Å². The molecule has 0 bridgehead atoms. The quantitative estimate of drug-likeness (QED) is 0.668. The lowest BCUT2D eigenvalue weighted by atomic mass is 10.1. The number of phenols is 2. The van der Waals surface area contributed by atoms with Gasteiger partial charge in [0.1, 0.15) is 26.9 Å². The number of rotatable bonds is 5. The van der Waals surface area contributed by atoms with E-state index < -0.39 is 15.7 Å². The number of sulfone groups is 1. The smallest absolute Gasteiger partial charge is 0.258 e. The molecule has 0 heterocycles. The molecule has 0 saturated heterocycles. The molecule has 0 radical (unpaired) electrons. The van der Waals surface area contributed by atoms with Gasteiger partial charge in [0.25, 0.3) is 5.91 Å². The van der Waals surface area contributed by atoms with Gasteiger partial charge in [-0.3, -0.25) is 4.79 Å². The first-order valence-corrected chi connectivity index (χ1v) is 7.34. The highest BCUT2D eigenvalue weighted by Gasteiger charge is 2.15. The number of hydrogen-bond donors (Lipinski definition) is 3. The Morgan fingerprint density at radius 2 is 1.83 bits per heavy atom. The first kappa shape index (κ1) is 14.3. The Bertz CT molecular complexity index is 518. The van der Waals surface area contributed by atoms with Crippen LogP contribution in [0, 0.1) is 0 Å². The molecule has 1 aromatic rings. The summed E-state index contributed by atoms with van der Waals surface area (Å²) in [4.78, 5) is 11.6. The van der Waals surface area contributed by atoms with Crippen molar-refractivity contribution in [3.63, 3.8) is 0 Å². The van der Waals surface area contributed by atoms with Gasteiger partial charge >= 0.3 is 0 Å². The van der Waals surface area contributed by atoms with Crippen molar-refractivity contribution in [3.05, 3.63) is 23.8 Å². The molecule has 100 valence electrons. The Kier molecular flexibility index (Phi) is 4.55. The molecule has 0 unspecified atom stereocenters. The lowest BCUT2D eigenvalue weighted by molar-refractivity contribution is 0.0948. The van der Waals surface area contributed by atoms with Gasteiger partial charge < -0.3 is 15.5 Å². The van der Waals surface area contributed by atoms with Crippen molar-refractivity contribution in [2.75, 3.05) is 18.6 Å². The summed E-state index contributed by atoms with van der Waals surface area (Å²) in [5.41, 5.74) is -0.211. The summed E-state index contributed by atoms with van der Waals surface area (Å²) in [5, 5.41) is 21.3. The lowest BCUT2D eigenvalue weighted by Gasteiger charge is -2.07. The monoisotopic (exact) mass is 273 g/mol.